The van der Waals surface area contributed by atoms with Crippen molar-refractivity contribution in [3.05, 3.63) is 57.0 Å². The Hall–Kier alpha value is -1.04. The zero-order valence-electron chi connectivity index (χ0n) is 14.8. The van der Waals surface area contributed by atoms with Crippen LogP contribution in [0.5, 0.6) is 0 Å². The van der Waals surface area contributed by atoms with Crippen LogP contribution < -0.4 is 10.2 Å². The lowest BCUT2D eigenvalue weighted by Crippen LogP contribution is -2.35. The van der Waals surface area contributed by atoms with Crippen LogP contribution in [0.2, 0.25) is 0 Å². The Kier molecular flexibility index (Phi) is 8.81. The maximum absolute atomic E-state index is 9.95. The first-order chi connectivity index (χ1) is 11.4. The number of hydrogen-bond donors (Lipinski definition) is 2. The zero-order valence-corrected chi connectivity index (χ0v) is 18.0. The van der Waals surface area contributed by atoms with Gasteiger partial charge in [-0.05, 0) is 50.2 Å². The van der Waals surface area contributed by atoms with E-state index in [0.717, 1.165) is 25.9 Å². The van der Waals surface area contributed by atoms with E-state index in [4.69, 9.17) is 0 Å². The highest BCUT2D eigenvalue weighted by Gasteiger charge is 2.14. The normalized spacial score (nSPS) is 12.7. The molecular formula is C19H26Br2N2O. The molecule has 0 radical (unpaired) electrons. The molecular weight excluding hydrogens is 432 g/mol. The number of aliphatic hydroxyl groups is 1. The average molecular weight is 458 g/mol. The van der Waals surface area contributed by atoms with Gasteiger partial charge < -0.3 is 15.3 Å². The van der Waals surface area contributed by atoms with Gasteiger partial charge in [-0.3, -0.25) is 0 Å². The molecule has 0 saturated heterocycles. The van der Waals surface area contributed by atoms with E-state index >= 15 is 0 Å². The molecule has 0 aliphatic heterocycles. The van der Waals surface area contributed by atoms with Crippen LogP contribution in [0.1, 0.15) is 39.4 Å². The Morgan fingerprint density at radius 1 is 1.00 bits per heavy atom. The molecule has 2 aromatic carbocycles. The van der Waals surface area contributed by atoms with Crippen LogP contribution in [-0.4, -0.2) is 18.3 Å². The summed E-state index contributed by atoms with van der Waals surface area (Å²) in [4.78, 5) is 2.15. The summed E-state index contributed by atoms with van der Waals surface area (Å²) < 4.78 is 2.01. The van der Waals surface area contributed by atoms with Crippen LogP contribution >= 0.6 is 31.9 Å². The summed E-state index contributed by atoms with van der Waals surface area (Å²) in [6, 6.07) is 14.1. The highest BCUT2D eigenvalue weighted by atomic mass is 79.9. The number of rotatable bonds is 5. The SMILES string of the molecule is CC.CC(O)c1cc(Br)ccc1NC(C)N(C)c1cccc(Br)c1. The Morgan fingerprint density at radius 2 is 1.62 bits per heavy atom. The summed E-state index contributed by atoms with van der Waals surface area (Å²) in [6.07, 6.45) is -0.448. The summed E-state index contributed by atoms with van der Waals surface area (Å²) in [5.41, 5.74) is 2.93. The zero-order chi connectivity index (χ0) is 18.3. The molecule has 0 saturated carbocycles. The van der Waals surface area contributed by atoms with Crippen molar-refractivity contribution < 1.29 is 5.11 Å². The standard InChI is InChI=1S/C17H20Br2N2O.C2H6/c1-11(22)16-10-14(19)7-8-17(16)20-12(2)21(3)15-6-4-5-13(18)9-15;1-2/h4-12,20,22H,1-3H3;1-2H3. The molecule has 2 aromatic rings. The molecule has 2 unspecified atom stereocenters. The van der Waals surface area contributed by atoms with Gasteiger partial charge >= 0.3 is 0 Å². The van der Waals surface area contributed by atoms with E-state index in [1.807, 2.05) is 51.2 Å². The quantitative estimate of drug-likeness (QED) is 0.525. The van der Waals surface area contributed by atoms with E-state index in [2.05, 4.69) is 61.1 Å². The van der Waals surface area contributed by atoms with Crippen molar-refractivity contribution in [1.82, 2.24) is 0 Å². The minimum absolute atomic E-state index is 0.0768. The molecule has 0 spiro atoms. The second kappa shape index (κ2) is 10.1. The second-order valence-corrected chi connectivity index (χ2v) is 7.15. The number of nitrogens with one attached hydrogen (secondary N) is 1. The lowest BCUT2D eigenvalue weighted by atomic mass is 10.1. The number of nitrogens with zero attached hydrogens (tertiary/aromatic N) is 1. The van der Waals surface area contributed by atoms with Gasteiger partial charge in [-0.1, -0.05) is 51.8 Å². The molecule has 0 heterocycles. The van der Waals surface area contributed by atoms with Gasteiger partial charge in [0.2, 0.25) is 0 Å². The number of halogens is 2. The molecule has 3 nitrogen and oxygen atoms in total. The maximum Gasteiger partial charge on any atom is 0.0958 e. The molecule has 0 aromatic heterocycles. The molecule has 2 atom stereocenters. The monoisotopic (exact) mass is 456 g/mol. The highest BCUT2D eigenvalue weighted by Crippen LogP contribution is 2.28. The number of benzene rings is 2. The van der Waals surface area contributed by atoms with Gasteiger partial charge in [-0.25, -0.2) is 0 Å². The second-order valence-electron chi connectivity index (χ2n) is 5.32. The largest absolute Gasteiger partial charge is 0.389 e. The van der Waals surface area contributed by atoms with E-state index < -0.39 is 6.10 Å². The lowest BCUT2D eigenvalue weighted by molar-refractivity contribution is 0.200. The molecule has 2 N–H and O–H groups in total. The van der Waals surface area contributed by atoms with Crippen molar-refractivity contribution in [2.75, 3.05) is 17.3 Å². The van der Waals surface area contributed by atoms with Crippen molar-refractivity contribution in [2.24, 2.45) is 0 Å². The molecule has 0 bridgehead atoms. The Bertz CT molecular complexity index is 647. The van der Waals surface area contributed by atoms with Crippen molar-refractivity contribution in [3.63, 3.8) is 0 Å². The van der Waals surface area contributed by atoms with Crippen LogP contribution in [0.3, 0.4) is 0 Å². The Labute approximate surface area is 162 Å². The molecule has 2 rings (SSSR count). The van der Waals surface area contributed by atoms with E-state index in [9.17, 15) is 5.11 Å². The van der Waals surface area contributed by atoms with Crippen molar-refractivity contribution in [3.8, 4) is 0 Å². The van der Waals surface area contributed by atoms with Gasteiger partial charge in [-0.2, -0.15) is 0 Å². The van der Waals surface area contributed by atoms with E-state index in [-0.39, 0.29) is 6.17 Å². The van der Waals surface area contributed by atoms with Gasteiger partial charge in [0.1, 0.15) is 0 Å². The molecule has 24 heavy (non-hydrogen) atoms. The van der Waals surface area contributed by atoms with E-state index in [1.165, 1.54) is 0 Å². The third-order valence-electron chi connectivity index (χ3n) is 3.62. The van der Waals surface area contributed by atoms with Crippen molar-refractivity contribution in [2.45, 2.75) is 40.0 Å². The fraction of sp³-hybridized carbons (Fsp3) is 0.368. The summed E-state index contributed by atoms with van der Waals surface area (Å²) in [5.74, 6) is 0. The number of anilines is 2. The first-order valence-corrected chi connectivity index (χ1v) is 9.69. The molecule has 0 aliphatic rings. The first kappa shape index (κ1) is 21.0. The number of hydrogen-bond acceptors (Lipinski definition) is 3. The van der Waals surface area contributed by atoms with Crippen LogP contribution in [0.4, 0.5) is 11.4 Å². The Morgan fingerprint density at radius 3 is 2.21 bits per heavy atom. The smallest absolute Gasteiger partial charge is 0.0958 e. The third kappa shape index (κ3) is 5.80. The summed E-state index contributed by atoms with van der Waals surface area (Å²) >= 11 is 6.95. The van der Waals surface area contributed by atoms with Crippen molar-refractivity contribution in [1.29, 1.82) is 0 Å². The average Bonchev–Trinajstić information content (AvgIpc) is 2.57. The highest BCUT2D eigenvalue weighted by molar-refractivity contribution is 9.10. The van der Waals surface area contributed by atoms with E-state index in [1.54, 1.807) is 6.92 Å². The minimum Gasteiger partial charge on any atom is -0.389 e. The first-order valence-electron chi connectivity index (χ1n) is 8.11. The van der Waals surface area contributed by atoms with Gasteiger partial charge in [-0.15, -0.1) is 0 Å². The Balaban J connectivity index is 0.00000139. The summed E-state index contributed by atoms with van der Waals surface area (Å²) in [5, 5.41) is 13.4. The van der Waals surface area contributed by atoms with Crippen LogP contribution in [-0.2, 0) is 0 Å². The van der Waals surface area contributed by atoms with Crippen LogP contribution in [0.15, 0.2) is 51.4 Å². The van der Waals surface area contributed by atoms with Gasteiger partial charge in [0.15, 0.2) is 0 Å². The van der Waals surface area contributed by atoms with Gasteiger partial charge in [0.05, 0.1) is 12.3 Å². The van der Waals surface area contributed by atoms with Gasteiger partial charge in [0, 0.05) is 32.9 Å². The fourth-order valence-corrected chi connectivity index (χ4v) is 3.02. The molecule has 132 valence electrons. The minimum atomic E-state index is -0.525. The molecule has 5 heteroatoms. The fourth-order valence-electron chi connectivity index (χ4n) is 2.25. The lowest BCUT2D eigenvalue weighted by Gasteiger charge is -2.30. The summed E-state index contributed by atoms with van der Waals surface area (Å²) in [7, 11) is 2.04. The predicted octanol–water partition coefficient (Wildman–Crippen LogP) is 6.19. The third-order valence-corrected chi connectivity index (χ3v) is 4.61. The predicted molar refractivity (Wildman–Crippen MR) is 112 cm³/mol. The van der Waals surface area contributed by atoms with Gasteiger partial charge in [0.25, 0.3) is 0 Å². The topological polar surface area (TPSA) is 35.5 Å². The van der Waals surface area contributed by atoms with Crippen LogP contribution in [0.25, 0.3) is 0 Å². The van der Waals surface area contributed by atoms with Crippen LogP contribution in [0, 0.1) is 0 Å². The molecule has 0 fully saturated rings. The van der Waals surface area contributed by atoms with Crippen molar-refractivity contribution >= 4 is 43.2 Å². The molecule has 0 aliphatic carbocycles. The van der Waals surface area contributed by atoms with E-state index in [0.29, 0.717) is 0 Å². The number of aliphatic hydroxyl groups excluding tert-OH is 1. The molecule has 0 amide bonds. The summed E-state index contributed by atoms with van der Waals surface area (Å²) in [6.45, 7) is 7.87. The maximum atomic E-state index is 9.95.